The van der Waals surface area contributed by atoms with Crippen LogP contribution in [0.4, 0.5) is 4.79 Å². The molecule has 1 amide bonds. The lowest BCUT2D eigenvalue weighted by atomic mass is 9.82. The third-order valence-corrected chi connectivity index (χ3v) is 4.21. The molecule has 0 aromatic heterocycles. The number of hydrogen-bond acceptors (Lipinski definition) is 7. The van der Waals surface area contributed by atoms with E-state index in [9.17, 15) is 9.90 Å². The Labute approximate surface area is 149 Å². The van der Waals surface area contributed by atoms with Crippen molar-refractivity contribution >= 4 is 6.09 Å². The normalized spacial score (nSPS) is 24.5. The Morgan fingerprint density at radius 1 is 1.28 bits per heavy atom. The van der Waals surface area contributed by atoms with Crippen LogP contribution in [0.1, 0.15) is 33.6 Å². The lowest BCUT2D eigenvalue weighted by Crippen LogP contribution is -2.40. The number of alkyl carbamates (subject to hydrolysis) is 1. The van der Waals surface area contributed by atoms with E-state index in [1.807, 2.05) is 0 Å². The molecular weight excluding hydrogens is 328 g/mol. The number of hydrogen-bond donors (Lipinski definition) is 3. The molecule has 2 aliphatic rings. The van der Waals surface area contributed by atoms with Crippen molar-refractivity contribution in [2.24, 2.45) is 11.3 Å². The largest absolute Gasteiger partial charge is 0.447 e. The van der Waals surface area contributed by atoms with E-state index in [0.717, 1.165) is 12.8 Å². The fourth-order valence-electron chi connectivity index (χ4n) is 2.71. The van der Waals surface area contributed by atoms with Gasteiger partial charge in [0.2, 0.25) is 6.41 Å². The van der Waals surface area contributed by atoms with E-state index >= 15 is 0 Å². The second kappa shape index (κ2) is 9.68. The zero-order valence-corrected chi connectivity index (χ0v) is 15.5. The van der Waals surface area contributed by atoms with Gasteiger partial charge >= 0.3 is 6.09 Å². The first kappa shape index (κ1) is 20.4. The second-order valence-corrected chi connectivity index (χ2v) is 7.76. The second-order valence-electron chi connectivity index (χ2n) is 7.76. The van der Waals surface area contributed by atoms with E-state index in [1.165, 1.54) is 0 Å². The summed E-state index contributed by atoms with van der Waals surface area (Å²) in [6.45, 7) is 9.81. The molecule has 3 N–H and O–H groups in total. The Morgan fingerprint density at radius 2 is 1.92 bits per heavy atom. The number of amides is 1. The van der Waals surface area contributed by atoms with Crippen LogP contribution < -0.4 is 10.6 Å². The van der Waals surface area contributed by atoms with Crippen molar-refractivity contribution < 1.29 is 28.8 Å². The molecule has 146 valence electrons. The van der Waals surface area contributed by atoms with Gasteiger partial charge in [-0.3, -0.25) is 5.32 Å². The van der Waals surface area contributed by atoms with E-state index < -0.39 is 6.41 Å². The molecule has 2 heterocycles. The summed E-state index contributed by atoms with van der Waals surface area (Å²) in [4.78, 5) is 11.5. The summed E-state index contributed by atoms with van der Waals surface area (Å²) in [6.07, 6.45) is 0.713. The van der Waals surface area contributed by atoms with Crippen LogP contribution in [0.2, 0.25) is 0 Å². The Bertz CT molecular complexity index is 412. The Kier molecular flexibility index (Phi) is 7.89. The molecule has 4 unspecified atom stereocenters. The Balaban J connectivity index is 1.50. The number of aliphatic hydroxyl groups excluding tert-OH is 1. The molecule has 8 nitrogen and oxygen atoms in total. The molecule has 4 atom stereocenters. The molecular formula is C17H32N2O6. The van der Waals surface area contributed by atoms with Crippen LogP contribution in [-0.4, -0.2) is 69.3 Å². The van der Waals surface area contributed by atoms with E-state index in [0.29, 0.717) is 45.4 Å². The third-order valence-electron chi connectivity index (χ3n) is 4.21. The SMILES string of the molecule is CC(CCNC(=O)OCC1CO1)CC(C)(C)CNC(O)OCC1CO1. The van der Waals surface area contributed by atoms with Gasteiger partial charge in [0.05, 0.1) is 19.8 Å². The maximum Gasteiger partial charge on any atom is 0.407 e. The van der Waals surface area contributed by atoms with E-state index in [2.05, 4.69) is 31.4 Å². The van der Waals surface area contributed by atoms with Crippen LogP contribution in [0, 0.1) is 11.3 Å². The predicted molar refractivity (Wildman–Crippen MR) is 91.0 cm³/mol. The lowest BCUT2D eigenvalue weighted by Gasteiger charge is -2.29. The van der Waals surface area contributed by atoms with Gasteiger partial charge in [-0.15, -0.1) is 0 Å². The minimum absolute atomic E-state index is 0.00363. The van der Waals surface area contributed by atoms with Crippen molar-refractivity contribution in [2.75, 3.05) is 39.5 Å². The van der Waals surface area contributed by atoms with Gasteiger partial charge in [0, 0.05) is 13.1 Å². The van der Waals surface area contributed by atoms with Crippen molar-refractivity contribution in [2.45, 2.75) is 52.2 Å². The van der Waals surface area contributed by atoms with E-state index in [1.54, 1.807) is 0 Å². The van der Waals surface area contributed by atoms with Gasteiger partial charge in [-0.2, -0.15) is 0 Å². The zero-order valence-electron chi connectivity index (χ0n) is 15.5. The standard InChI is InChI=1S/C17H32N2O6/c1-12(4-5-18-15(20)24-9-13-7-22-13)6-17(2,3)11-19-16(21)25-10-14-8-23-14/h12-14,16,19,21H,4-11H2,1-3H3,(H,18,20). The highest BCUT2D eigenvalue weighted by Crippen LogP contribution is 2.26. The Hall–Kier alpha value is -0.930. The van der Waals surface area contributed by atoms with Crippen LogP contribution in [-0.2, 0) is 18.9 Å². The quantitative estimate of drug-likeness (QED) is 0.330. The van der Waals surface area contributed by atoms with Gasteiger partial charge in [-0.25, -0.2) is 4.79 Å². The van der Waals surface area contributed by atoms with Gasteiger partial charge in [0.1, 0.15) is 18.8 Å². The van der Waals surface area contributed by atoms with Crippen LogP contribution in [0.25, 0.3) is 0 Å². The molecule has 0 saturated carbocycles. The van der Waals surface area contributed by atoms with Crippen molar-refractivity contribution in [3.05, 3.63) is 0 Å². The summed E-state index contributed by atoms with van der Waals surface area (Å²) < 4.78 is 20.3. The van der Waals surface area contributed by atoms with Gasteiger partial charge in [0.25, 0.3) is 0 Å². The molecule has 2 saturated heterocycles. The first-order valence-corrected chi connectivity index (χ1v) is 9.01. The minimum Gasteiger partial charge on any atom is -0.447 e. The van der Waals surface area contributed by atoms with E-state index in [-0.39, 0.29) is 23.7 Å². The summed E-state index contributed by atoms with van der Waals surface area (Å²) in [5.41, 5.74) is 0.00363. The topological polar surface area (TPSA) is 105 Å². The minimum atomic E-state index is -0.967. The zero-order chi connectivity index (χ0) is 18.3. The first-order valence-electron chi connectivity index (χ1n) is 9.01. The molecule has 0 aromatic carbocycles. The molecule has 0 bridgehead atoms. The number of nitrogens with one attached hydrogen (secondary N) is 2. The van der Waals surface area contributed by atoms with Crippen LogP contribution in [0.3, 0.4) is 0 Å². The molecule has 0 aromatic rings. The fourth-order valence-corrected chi connectivity index (χ4v) is 2.71. The molecule has 2 fully saturated rings. The van der Waals surface area contributed by atoms with Crippen LogP contribution in [0.5, 0.6) is 0 Å². The predicted octanol–water partition coefficient (Wildman–Crippen LogP) is 0.835. The number of carbonyl (C=O) groups excluding carboxylic acids is 1. The van der Waals surface area contributed by atoms with E-state index in [4.69, 9.17) is 18.9 Å². The number of rotatable bonds is 13. The monoisotopic (exact) mass is 360 g/mol. The highest BCUT2D eigenvalue weighted by molar-refractivity contribution is 5.67. The number of carbonyl (C=O) groups is 1. The first-order chi connectivity index (χ1) is 11.8. The molecule has 0 radical (unpaired) electrons. The van der Waals surface area contributed by atoms with Crippen molar-refractivity contribution in [3.63, 3.8) is 0 Å². The van der Waals surface area contributed by atoms with Gasteiger partial charge in [-0.05, 0) is 24.2 Å². The van der Waals surface area contributed by atoms with Crippen LogP contribution in [0.15, 0.2) is 0 Å². The average molecular weight is 360 g/mol. The maximum atomic E-state index is 11.5. The summed E-state index contributed by atoms with van der Waals surface area (Å²) in [5, 5.41) is 15.5. The lowest BCUT2D eigenvalue weighted by molar-refractivity contribution is -0.127. The summed E-state index contributed by atoms with van der Waals surface area (Å²) in [6, 6.07) is 0. The van der Waals surface area contributed by atoms with Gasteiger partial charge in [-0.1, -0.05) is 20.8 Å². The maximum absolute atomic E-state index is 11.5. The molecule has 8 heteroatoms. The summed E-state index contributed by atoms with van der Waals surface area (Å²) >= 11 is 0. The highest BCUT2D eigenvalue weighted by Gasteiger charge is 2.26. The fraction of sp³-hybridized carbons (Fsp3) is 0.941. The molecule has 2 rings (SSSR count). The number of aliphatic hydroxyl groups is 1. The summed E-state index contributed by atoms with van der Waals surface area (Å²) in [5.74, 6) is 0.432. The highest BCUT2D eigenvalue weighted by atomic mass is 16.7. The number of epoxide rings is 2. The summed E-state index contributed by atoms with van der Waals surface area (Å²) in [7, 11) is 0. The Morgan fingerprint density at radius 3 is 2.56 bits per heavy atom. The van der Waals surface area contributed by atoms with Crippen molar-refractivity contribution in [1.82, 2.24) is 10.6 Å². The van der Waals surface area contributed by atoms with Crippen molar-refractivity contribution in [1.29, 1.82) is 0 Å². The molecule has 2 aliphatic heterocycles. The van der Waals surface area contributed by atoms with Gasteiger partial charge < -0.3 is 29.4 Å². The number of ether oxygens (including phenoxy) is 4. The average Bonchev–Trinajstić information content (AvgIpc) is 3.43. The smallest absolute Gasteiger partial charge is 0.407 e. The van der Waals surface area contributed by atoms with Crippen molar-refractivity contribution in [3.8, 4) is 0 Å². The van der Waals surface area contributed by atoms with Gasteiger partial charge in [0.15, 0.2) is 0 Å². The molecule has 0 spiro atoms. The van der Waals surface area contributed by atoms with Crippen LogP contribution >= 0.6 is 0 Å². The third kappa shape index (κ3) is 9.96. The molecule has 0 aliphatic carbocycles. The molecule has 25 heavy (non-hydrogen) atoms.